The van der Waals surface area contributed by atoms with E-state index in [1.54, 1.807) is 0 Å². The summed E-state index contributed by atoms with van der Waals surface area (Å²) >= 11 is 0. The molecule has 0 unspecified atom stereocenters. The molecule has 1 aromatic carbocycles. The molecule has 0 spiro atoms. The van der Waals surface area contributed by atoms with Gasteiger partial charge in [0.2, 0.25) is 5.91 Å². The summed E-state index contributed by atoms with van der Waals surface area (Å²) in [4.78, 5) is 14.2. The molecule has 2 rings (SSSR count). The van der Waals surface area contributed by atoms with Crippen LogP contribution in [-0.2, 0) is 11.2 Å². The highest BCUT2D eigenvalue weighted by molar-refractivity contribution is 5.77. The van der Waals surface area contributed by atoms with Gasteiger partial charge in [-0.25, -0.2) is 0 Å². The zero-order valence-corrected chi connectivity index (χ0v) is 11.3. The zero-order valence-electron chi connectivity index (χ0n) is 11.3. The van der Waals surface area contributed by atoms with E-state index in [9.17, 15) is 4.79 Å². The van der Waals surface area contributed by atoms with Crippen LogP contribution in [0.15, 0.2) is 24.3 Å². The number of hydrogen-bond acceptors (Lipinski definition) is 2. The lowest BCUT2D eigenvalue weighted by atomic mass is 10.0. The molecule has 1 fully saturated rings. The van der Waals surface area contributed by atoms with Gasteiger partial charge in [0.15, 0.2) is 0 Å². The van der Waals surface area contributed by atoms with Crippen LogP contribution in [0.25, 0.3) is 0 Å². The van der Waals surface area contributed by atoms with Gasteiger partial charge in [-0.05, 0) is 31.4 Å². The minimum atomic E-state index is 0.284. The first-order chi connectivity index (χ1) is 8.68. The molecule has 1 atom stereocenters. The highest BCUT2D eigenvalue weighted by Crippen LogP contribution is 2.12. The molecule has 0 bridgehead atoms. The van der Waals surface area contributed by atoms with Crippen LogP contribution in [0.1, 0.15) is 24.5 Å². The van der Waals surface area contributed by atoms with Crippen molar-refractivity contribution < 1.29 is 4.79 Å². The van der Waals surface area contributed by atoms with Crippen LogP contribution < -0.4 is 5.32 Å². The van der Waals surface area contributed by atoms with E-state index in [4.69, 9.17) is 0 Å². The van der Waals surface area contributed by atoms with Crippen molar-refractivity contribution in [1.82, 2.24) is 10.2 Å². The molecule has 1 aromatic rings. The van der Waals surface area contributed by atoms with E-state index in [0.717, 1.165) is 26.1 Å². The molecule has 1 aliphatic heterocycles. The predicted molar refractivity (Wildman–Crippen MR) is 73.5 cm³/mol. The summed E-state index contributed by atoms with van der Waals surface area (Å²) in [6.07, 6.45) is 1.47. The Labute approximate surface area is 109 Å². The van der Waals surface area contributed by atoms with Gasteiger partial charge in [0.25, 0.3) is 0 Å². The summed E-state index contributed by atoms with van der Waals surface area (Å²) in [6, 6.07) is 8.62. The molecule has 1 saturated heterocycles. The third kappa shape index (κ3) is 3.10. The molecule has 1 aliphatic rings. The van der Waals surface area contributed by atoms with Crippen LogP contribution in [0.2, 0.25) is 0 Å². The molecule has 1 N–H and O–H groups in total. The Kier molecular flexibility index (Phi) is 4.37. The highest BCUT2D eigenvalue weighted by Gasteiger charge is 2.22. The molecular formula is C15H22N2O. The van der Waals surface area contributed by atoms with Gasteiger partial charge in [0.1, 0.15) is 0 Å². The second-order valence-corrected chi connectivity index (χ2v) is 5.07. The van der Waals surface area contributed by atoms with Gasteiger partial charge in [0, 0.05) is 32.1 Å². The summed E-state index contributed by atoms with van der Waals surface area (Å²) in [5.74, 6) is 0.284. The summed E-state index contributed by atoms with van der Waals surface area (Å²) in [5.41, 5.74) is 2.56. The van der Waals surface area contributed by atoms with E-state index in [-0.39, 0.29) is 5.91 Å². The normalized spacial score (nSPS) is 19.9. The highest BCUT2D eigenvalue weighted by atomic mass is 16.2. The molecule has 0 saturated carbocycles. The van der Waals surface area contributed by atoms with Crippen molar-refractivity contribution in [3.05, 3.63) is 35.4 Å². The SMILES string of the molecule is Cc1ccccc1CCC(=O)N1CCNC[C@@H]1C. The Morgan fingerprint density at radius 1 is 1.44 bits per heavy atom. The molecule has 1 heterocycles. The lowest BCUT2D eigenvalue weighted by Gasteiger charge is -2.34. The number of rotatable bonds is 3. The van der Waals surface area contributed by atoms with Crippen molar-refractivity contribution in [1.29, 1.82) is 0 Å². The van der Waals surface area contributed by atoms with Gasteiger partial charge in [-0.1, -0.05) is 24.3 Å². The van der Waals surface area contributed by atoms with Crippen molar-refractivity contribution in [3.63, 3.8) is 0 Å². The summed E-state index contributed by atoms with van der Waals surface area (Å²) in [6.45, 7) is 6.88. The van der Waals surface area contributed by atoms with Crippen molar-refractivity contribution in [2.24, 2.45) is 0 Å². The second-order valence-electron chi connectivity index (χ2n) is 5.07. The fourth-order valence-electron chi connectivity index (χ4n) is 2.49. The Bertz CT molecular complexity index is 417. The van der Waals surface area contributed by atoms with Crippen molar-refractivity contribution in [3.8, 4) is 0 Å². The van der Waals surface area contributed by atoms with E-state index in [1.807, 2.05) is 17.0 Å². The fourth-order valence-corrected chi connectivity index (χ4v) is 2.49. The number of nitrogens with zero attached hydrogens (tertiary/aromatic N) is 1. The van der Waals surface area contributed by atoms with Crippen molar-refractivity contribution in [2.45, 2.75) is 32.7 Å². The van der Waals surface area contributed by atoms with Gasteiger partial charge in [-0.15, -0.1) is 0 Å². The number of carbonyl (C=O) groups excluding carboxylic acids is 1. The van der Waals surface area contributed by atoms with Crippen molar-refractivity contribution in [2.75, 3.05) is 19.6 Å². The molecule has 0 radical (unpaired) electrons. The summed E-state index contributed by atoms with van der Waals surface area (Å²) in [5, 5.41) is 3.31. The van der Waals surface area contributed by atoms with E-state index in [1.165, 1.54) is 11.1 Å². The van der Waals surface area contributed by atoms with Gasteiger partial charge in [-0.3, -0.25) is 4.79 Å². The van der Waals surface area contributed by atoms with E-state index in [0.29, 0.717) is 12.5 Å². The number of carbonyl (C=O) groups is 1. The first-order valence-corrected chi connectivity index (χ1v) is 6.73. The van der Waals surface area contributed by atoms with Crippen LogP contribution in [0.3, 0.4) is 0 Å². The molecular weight excluding hydrogens is 224 g/mol. The Hall–Kier alpha value is -1.35. The number of hydrogen-bond donors (Lipinski definition) is 1. The molecule has 0 aromatic heterocycles. The molecule has 3 nitrogen and oxygen atoms in total. The number of piperazine rings is 1. The summed E-state index contributed by atoms with van der Waals surface area (Å²) in [7, 11) is 0. The third-order valence-electron chi connectivity index (χ3n) is 3.69. The average molecular weight is 246 g/mol. The lowest BCUT2D eigenvalue weighted by Crippen LogP contribution is -2.52. The monoisotopic (exact) mass is 246 g/mol. The van der Waals surface area contributed by atoms with Gasteiger partial charge in [0.05, 0.1) is 0 Å². The molecule has 98 valence electrons. The van der Waals surface area contributed by atoms with E-state index >= 15 is 0 Å². The third-order valence-corrected chi connectivity index (χ3v) is 3.69. The van der Waals surface area contributed by atoms with Gasteiger partial charge < -0.3 is 10.2 Å². The maximum absolute atomic E-state index is 12.2. The molecule has 1 amide bonds. The van der Waals surface area contributed by atoms with Gasteiger partial charge in [-0.2, -0.15) is 0 Å². The van der Waals surface area contributed by atoms with Crippen molar-refractivity contribution >= 4 is 5.91 Å². The maximum atomic E-state index is 12.2. The average Bonchev–Trinajstić information content (AvgIpc) is 2.38. The smallest absolute Gasteiger partial charge is 0.223 e. The van der Waals surface area contributed by atoms with E-state index < -0.39 is 0 Å². The fraction of sp³-hybridized carbons (Fsp3) is 0.533. The Morgan fingerprint density at radius 2 is 2.22 bits per heavy atom. The maximum Gasteiger partial charge on any atom is 0.223 e. The summed E-state index contributed by atoms with van der Waals surface area (Å²) < 4.78 is 0. The number of nitrogens with one attached hydrogen (secondary N) is 1. The topological polar surface area (TPSA) is 32.3 Å². The minimum absolute atomic E-state index is 0.284. The molecule has 18 heavy (non-hydrogen) atoms. The standard InChI is InChI=1S/C15H22N2O/c1-12-5-3-4-6-14(12)7-8-15(18)17-10-9-16-11-13(17)2/h3-6,13,16H,7-11H2,1-2H3/t13-/m0/s1. The Morgan fingerprint density at radius 3 is 2.94 bits per heavy atom. The first-order valence-electron chi connectivity index (χ1n) is 6.73. The number of aryl methyl sites for hydroxylation is 2. The molecule has 0 aliphatic carbocycles. The van der Waals surface area contributed by atoms with Crippen LogP contribution in [-0.4, -0.2) is 36.5 Å². The first kappa shape index (κ1) is 13.1. The second kappa shape index (κ2) is 6.01. The zero-order chi connectivity index (χ0) is 13.0. The van der Waals surface area contributed by atoms with Crippen LogP contribution >= 0.6 is 0 Å². The van der Waals surface area contributed by atoms with Crippen LogP contribution in [0, 0.1) is 6.92 Å². The van der Waals surface area contributed by atoms with Crippen LogP contribution in [0.5, 0.6) is 0 Å². The van der Waals surface area contributed by atoms with E-state index in [2.05, 4.69) is 31.3 Å². The lowest BCUT2D eigenvalue weighted by molar-refractivity contribution is -0.133. The molecule has 3 heteroatoms. The largest absolute Gasteiger partial charge is 0.337 e. The minimum Gasteiger partial charge on any atom is -0.337 e. The quantitative estimate of drug-likeness (QED) is 0.881. The predicted octanol–water partition coefficient (Wildman–Crippen LogP) is 1.75. The number of amides is 1. The van der Waals surface area contributed by atoms with Gasteiger partial charge >= 0.3 is 0 Å². The Balaban J connectivity index is 1.90. The van der Waals surface area contributed by atoms with Crippen LogP contribution in [0.4, 0.5) is 0 Å². The number of benzene rings is 1.